The Morgan fingerprint density at radius 3 is 2.41 bits per heavy atom. The number of halogens is 1. The largest absolute Gasteiger partial charge is 0.497 e. The molecule has 3 aromatic rings. The summed E-state index contributed by atoms with van der Waals surface area (Å²) in [6.45, 7) is 3.41. The predicted octanol–water partition coefficient (Wildman–Crippen LogP) is 3.45. The van der Waals surface area contributed by atoms with Crippen LogP contribution in [0, 0.1) is 5.82 Å². The summed E-state index contributed by atoms with van der Waals surface area (Å²) in [6.07, 6.45) is 1.68. The third kappa shape index (κ3) is 4.46. The van der Waals surface area contributed by atoms with E-state index in [2.05, 4.69) is 9.88 Å². The minimum atomic E-state index is -0.340. The molecule has 0 bridgehead atoms. The lowest BCUT2D eigenvalue weighted by atomic mass is 10.1. The van der Waals surface area contributed by atoms with Gasteiger partial charge in [-0.25, -0.2) is 9.37 Å². The van der Waals surface area contributed by atoms with Gasteiger partial charge in [0, 0.05) is 43.9 Å². The lowest BCUT2D eigenvalue weighted by Gasteiger charge is -2.34. The molecule has 6 nitrogen and oxygen atoms in total. The molecule has 0 N–H and O–H groups in total. The van der Waals surface area contributed by atoms with Gasteiger partial charge in [0.25, 0.3) is 5.91 Å². The number of amides is 1. The Kier molecular flexibility index (Phi) is 5.57. The summed E-state index contributed by atoms with van der Waals surface area (Å²) >= 11 is 0. The molecule has 1 saturated heterocycles. The molecule has 0 unspecified atom stereocenters. The van der Waals surface area contributed by atoms with Gasteiger partial charge in [0.2, 0.25) is 5.89 Å². The van der Waals surface area contributed by atoms with Gasteiger partial charge < -0.3 is 14.1 Å². The lowest BCUT2D eigenvalue weighted by molar-refractivity contribution is 0.0627. The van der Waals surface area contributed by atoms with Gasteiger partial charge >= 0.3 is 0 Å². The minimum Gasteiger partial charge on any atom is -0.497 e. The predicted molar refractivity (Wildman–Crippen MR) is 106 cm³/mol. The fourth-order valence-corrected chi connectivity index (χ4v) is 3.36. The van der Waals surface area contributed by atoms with Crippen LogP contribution in [0.15, 0.2) is 59.2 Å². The van der Waals surface area contributed by atoms with E-state index in [9.17, 15) is 9.18 Å². The Morgan fingerprint density at radius 1 is 1.07 bits per heavy atom. The summed E-state index contributed by atoms with van der Waals surface area (Å²) in [5, 5.41) is 0. The third-order valence-corrected chi connectivity index (χ3v) is 5.02. The Labute approximate surface area is 168 Å². The monoisotopic (exact) mass is 395 g/mol. The summed E-state index contributed by atoms with van der Waals surface area (Å²) in [7, 11) is 1.63. The molecule has 29 heavy (non-hydrogen) atoms. The number of benzene rings is 2. The van der Waals surface area contributed by atoms with Crippen LogP contribution in [0.4, 0.5) is 4.39 Å². The third-order valence-electron chi connectivity index (χ3n) is 5.02. The molecular formula is C22H22FN3O3. The number of hydrogen-bond donors (Lipinski definition) is 0. The molecule has 0 atom stereocenters. The Balaban J connectivity index is 1.32. The number of oxazole rings is 1. The zero-order chi connectivity index (χ0) is 20.2. The summed E-state index contributed by atoms with van der Waals surface area (Å²) in [5.41, 5.74) is 2.27. The lowest BCUT2D eigenvalue weighted by Crippen LogP contribution is -2.48. The SMILES string of the molecule is COc1ccc(-c2nc(CN3CCN(C(=O)c4ccc(F)cc4)CC3)co2)cc1. The van der Waals surface area contributed by atoms with E-state index in [1.54, 1.807) is 18.3 Å². The highest BCUT2D eigenvalue weighted by Gasteiger charge is 2.23. The molecule has 1 aliphatic heterocycles. The van der Waals surface area contributed by atoms with Crippen LogP contribution in [-0.4, -0.2) is 54.0 Å². The molecule has 1 aromatic heterocycles. The van der Waals surface area contributed by atoms with Crippen molar-refractivity contribution < 1.29 is 18.3 Å². The van der Waals surface area contributed by atoms with Gasteiger partial charge in [0.05, 0.1) is 12.8 Å². The number of rotatable bonds is 5. The van der Waals surface area contributed by atoms with E-state index in [4.69, 9.17) is 9.15 Å². The van der Waals surface area contributed by atoms with Crippen LogP contribution in [0.2, 0.25) is 0 Å². The summed E-state index contributed by atoms with van der Waals surface area (Å²) in [5.74, 6) is 0.960. The molecule has 2 aromatic carbocycles. The minimum absolute atomic E-state index is 0.0621. The molecule has 0 spiro atoms. The quantitative estimate of drug-likeness (QED) is 0.662. The average molecular weight is 395 g/mol. The molecule has 0 saturated carbocycles. The molecule has 0 aliphatic carbocycles. The summed E-state index contributed by atoms with van der Waals surface area (Å²) in [4.78, 5) is 21.1. The van der Waals surface area contributed by atoms with Gasteiger partial charge in [-0.05, 0) is 48.5 Å². The van der Waals surface area contributed by atoms with Gasteiger partial charge in [-0.3, -0.25) is 9.69 Å². The first-order valence-corrected chi connectivity index (χ1v) is 9.48. The Hall–Kier alpha value is -3.19. The van der Waals surface area contributed by atoms with Crippen molar-refractivity contribution in [1.29, 1.82) is 0 Å². The van der Waals surface area contributed by atoms with Crippen LogP contribution in [0.5, 0.6) is 5.75 Å². The number of aromatic nitrogens is 1. The normalized spacial score (nSPS) is 14.8. The Morgan fingerprint density at radius 2 is 1.76 bits per heavy atom. The fraction of sp³-hybridized carbons (Fsp3) is 0.273. The maximum absolute atomic E-state index is 13.0. The Bertz CT molecular complexity index is 962. The van der Waals surface area contributed by atoms with Gasteiger partial charge in [-0.15, -0.1) is 0 Å². The molecule has 2 heterocycles. The second-order valence-corrected chi connectivity index (χ2v) is 6.95. The fourth-order valence-electron chi connectivity index (χ4n) is 3.36. The summed E-state index contributed by atoms with van der Waals surface area (Å²) in [6, 6.07) is 13.2. The molecule has 7 heteroatoms. The molecule has 1 amide bonds. The number of hydrogen-bond acceptors (Lipinski definition) is 5. The van der Waals surface area contributed by atoms with E-state index in [-0.39, 0.29) is 11.7 Å². The van der Waals surface area contributed by atoms with Crippen molar-refractivity contribution in [2.45, 2.75) is 6.54 Å². The van der Waals surface area contributed by atoms with E-state index in [0.29, 0.717) is 31.1 Å². The number of methoxy groups -OCH3 is 1. The number of ether oxygens (including phenoxy) is 1. The van der Waals surface area contributed by atoms with Crippen molar-refractivity contribution in [1.82, 2.24) is 14.8 Å². The molecule has 150 valence electrons. The van der Waals surface area contributed by atoms with Crippen LogP contribution in [0.25, 0.3) is 11.5 Å². The topological polar surface area (TPSA) is 58.8 Å². The number of nitrogens with zero attached hydrogens (tertiary/aromatic N) is 3. The smallest absolute Gasteiger partial charge is 0.253 e. The number of carbonyl (C=O) groups excluding carboxylic acids is 1. The highest BCUT2D eigenvalue weighted by molar-refractivity contribution is 5.94. The first kappa shape index (κ1) is 19.1. The van der Waals surface area contributed by atoms with Crippen molar-refractivity contribution in [3.8, 4) is 17.2 Å². The number of carbonyl (C=O) groups is 1. The standard InChI is InChI=1S/C22H22FN3O3/c1-28-20-8-4-16(5-9-20)21-24-19(15-29-21)14-25-10-12-26(13-11-25)22(27)17-2-6-18(23)7-3-17/h2-9,15H,10-14H2,1H3. The highest BCUT2D eigenvalue weighted by Crippen LogP contribution is 2.22. The van der Waals surface area contributed by atoms with Crippen LogP contribution >= 0.6 is 0 Å². The molecule has 4 rings (SSSR count). The van der Waals surface area contributed by atoms with E-state index < -0.39 is 0 Å². The molecular weight excluding hydrogens is 373 g/mol. The maximum Gasteiger partial charge on any atom is 0.253 e. The van der Waals surface area contributed by atoms with Gasteiger partial charge in [0.1, 0.15) is 17.8 Å². The average Bonchev–Trinajstić information content (AvgIpc) is 3.23. The van der Waals surface area contributed by atoms with Gasteiger partial charge in [0.15, 0.2) is 0 Å². The van der Waals surface area contributed by atoms with Crippen molar-refractivity contribution >= 4 is 5.91 Å². The second-order valence-electron chi connectivity index (χ2n) is 6.95. The first-order valence-electron chi connectivity index (χ1n) is 9.48. The van der Waals surface area contributed by atoms with Crippen LogP contribution < -0.4 is 4.74 Å². The first-order chi connectivity index (χ1) is 14.1. The van der Waals surface area contributed by atoms with Gasteiger partial charge in [-0.2, -0.15) is 0 Å². The van der Waals surface area contributed by atoms with Crippen LogP contribution in [0.1, 0.15) is 16.1 Å². The molecule has 1 fully saturated rings. The van der Waals surface area contributed by atoms with Gasteiger partial charge in [-0.1, -0.05) is 0 Å². The number of piperazine rings is 1. The molecule has 1 aliphatic rings. The van der Waals surface area contributed by atoms with E-state index >= 15 is 0 Å². The van der Waals surface area contributed by atoms with Crippen LogP contribution in [0.3, 0.4) is 0 Å². The van der Waals surface area contributed by atoms with Crippen molar-refractivity contribution in [2.75, 3.05) is 33.3 Å². The maximum atomic E-state index is 13.0. The van der Waals surface area contributed by atoms with Crippen molar-refractivity contribution in [3.63, 3.8) is 0 Å². The zero-order valence-electron chi connectivity index (χ0n) is 16.2. The van der Waals surface area contributed by atoms with E-state index in [1.165, 1.54) is 24.3 Å². The highest BCUT2D eigenvalue weighted by atomic mass is 19.1. The second kappa shape index (κ2) is 8.45. The molecule has 0 radical (unpaired) electrons. The van der Waals surface area contributed by atoms with Crippen molar-refractivity contribution in [3.05, 3.63) is 71.9 Å². The van der Waals surface area contributed by atoms with Crippen LogP contribution in [-0.2, 0) is 6.54 Å². The zero-order valence-corrected chi connectivity index (χ0v) is 16.2. The van der Waals surface area contributed by atoms with E-state index in [0.717, 1.165) is 30.1 Å². The van der Waals surface area contributed by atoms with E-state index in [1.807, 2.05) is 24.3 Å². The summed E-state index contributed by atoms with van der Waals surface area (Å²) < 4.78 is 23.8. The van der Waals surface area contributed by atoms with Crippen molar-refractivity contribution in [2.24, 2.45) is 0 Å².